The number of aryl methyl sites for hydroxylation is 1. The second kappa shape index (κ2) is 15.3. The quantitative estimate of drug-likeness (QED) is 0.0951. The van der Waals surface area contributed by atoms with E-state index in [4.69, 9.17) is 15.3 Å². The molecule has 3 N–H and O–H groups in total. The number of benzene rings is 2. The Hall–Kier alpha value is -4.73. The van der Waals surface area contributed by atoms with E-state index < -0.39 is 17.6 Å². The number of aliphatic imine (C=N–C) groups is 1. The van der Waals surface area contributed by atoms with Crippen LogP contribution in [0.3, 0.4) is 0 Å². The first-order chi connectivity index (χ1) is 21.6. The number of anilines is 1. The lowest BCUT2D eigenvalue weighted by molar-refractivity contribution is -0.137. The van der Waals surface area contributed by atoms with E-state index in [9.17, 15) is 23.2 Å². The molecule has 0 amide bonds. The molecule has 0 radical (unpaired) electrons. The van der Waals surface area contributed by atoms with Crippen molar-refractivity contribution >= 4 is 40.2 Å². The van der Waals surface area contributed by atoms with Crippen LogP contribution in [0.2, 0.25) is 0 Å². The van der Waals surface area contributed by atoms with Crippen molar-refractivity contribution in [1.29, 1.82) is 5.41 Å². The average molecular weight is 618 g/mol. The maximum absolute atomic E-state index is 14.8. The highest BCUT2D eigenvalue weighted by molar-refractivity contribution is 6.38. The summed E-state index contributed by atoms with van der Waals surface area (Å²) < 4.78 is 34.1. The standard InChI is InChI=1S/C35H37F2N3O5/c1-21-19-22(15-16-23(21)29(41)12-6-4-3-5-10-27(38)30(42)13-8-14-32(43)44)40-28-11-7-9-25-26(20-39-35(25)28)24-17-18-31(45-2)34(37)33(24)36/h7,9,11,15-20,25,38,40H,3-6,8,10,12-14H2,1-2H3,(H,43,44). The topological polar surface area (TPSA) is 129 Å². The summed E-state index contributed by atoms with van der Waals surface area (Å²) in [4.78, 5) is 39.9. The lowest BCUT2D eigenvalue weighted by atomic mass is 9.86. The molecule has 0 saturated heterocycles. The molecule has 0 spiro atoms. The summed E-state index contributed by atoms with van der Waals surface area (Å²) in [5, 5.41) is 19.9. The normalized spacial score (nSPS) is 15.1. The molecule has 2 aromatic rings. The fourth-order valence-corrected chi connectivity index (χ4v) is 5.46. The molecule has 1 atom stereocenters. The number of ketones is 2. The van der Waals surface area contributed by atoms with Gasteiger partial charge in [-0.05, 0) is 80.2 Å². The second-order valence-electron chi connectivity index (χ2n) is 11.1. The van der Waals surface area contributed by atoms with Gasteiger partial charge in [0.2, 0.25) is 5.82 Å². The molecule has 0 bridgehead atoms. The van der Waals surface area contributed by atoms with Crippen LogP contribution in [0.1, 0.15) is 79.3 Å². The molecular weight excluding hydrogens is 580 g/mol. The van der Waals surface area contributed by atoms with Crippen molar-refractivity contribution in [2.24, 2.45) is 10.9 Å². The summed E-state index contributed by atoms with van der Waals surface area (Å²) in [6, 6.07) is 8.40. The number of carboxylic acid groups (broad SMARTS) is 1. The van der Waals surface area contributed by atoms with Crippen LogP contribution in [0.5, 0.6) is 5.75 Å². The Morgan fingerprint density at radius 3 is 2.44 bits per heavy atom. The number of unbranched alkanes of at least 4 members (excludes halogenated alkanes) is 3. The number of allylic oxidation sites excluding steroid dienone is 5. The zero-order valence-corrected chi connectivity index (χ0v) is 25.4. The summed E-state index contributed by atoms with van der Waals surface area (Å²) in [6.07, 6.45) is 11.1. The van der Waals surface area contributed by atoms with Gasteiger partial charge in [-0.2, -0.15) is 4.39 Å². The number of nitrogens with zero attached hydrogens (tertiary/aromatic N) is 1. The molecule has 1 aliphatic carbocycles. The minimum Gasteiger partial charge on any atom is -0.494 e. The molecule has 45 heavy (non-hydrogen) atoms. The Morgan fingerprint density at radius 1 is 0.978 bits per heavy atom. The monoisotopic (exact) mass is 617 g/mol. The van der Waals surface area contributed by atoms with E-state index in [2.05, 4.69) is 10.3 Å². The summed E-state index contributed by atoms with van der Waals surface area (Å²) in [5.41, 5.74) is 4.34. The number of hydrogen-bond acceptors (Lipinski definition) is 7. The number of Topliss-reactive ketones (excluding diaryl/α,β-unsaturated/α-hetero) is 2. The highest BCUT2D eigenvalue weighted by Crippen LogP contribution is 2.38. The number of hydrogen-bond donors (Lipinski definition) is 3. The van der Waals surface area contributed by atoms with Gasteiger partial charge in [0.05, 0.1) is 24.2 Å². The molecule has 1 aliphatic heterocycles. The van der Waals surface area contributed by atoms with Gasteiger partial charge < -0.3 is 20.6 Å². The number of fused-ring (bicyclic) bond motifs is 1. The van der Waals surface area contributed by atoms with Crippen LogP contribution >= 0.6 is 0 Å². The predicted molar refractivity (Wildman–Crippen MR) is 170 cm³/mol. The number of carboxylic acids is 1. The smallest absolute Gasteiger partial charge is 0.303 e. The summed E-state index contributed by atoms with van der Waals surface area (Å²) in [5.74, 6) is -3.74. The number of methoxy groups -OCH3 is 1. The van der Waals surface area contributed by atoms with Gasteiger partial charge in [-0.3, -0.25) is 19.4 Å². The van der Waals surface area contributed by atoms with E-state index in [1.165, 1.54) is 19.2 Å². The molecule has 0 fully saturated rings. The number of nitrogens with one attached hydrogen (secondary N) is 2. The molecule has 0 saturated carbocycles. The van der Waals surface area contributed by atoms with Crippen molar-refractivity contribution in [3.05, 3.63) is 88.8 Å². The third-order valence-electron chi connectivity index (χ3n) is 7.91. The van der Waals surface area contributed by atoms with E-state index >= 15 is 0 Å². The predicted octanol–water partition coefficient (Wildman–Crippen LogP) is 7.63. The average Bonchev–Trinajstić information content (AvgIpc) is 3.44. The van der Waals surface area contributed by atoms with Crippen molar-refractivity contribution in [3.63, 3.8) is 0 Å². The Morgan fingerprint density at radius 2 is 1.73 bits per heavy atom. The SMILES string of the molecule is COc1ccc(C2=CN=C3C(Nc4ccc(C(=O)CCCCCCC(=N)C(=O)CCCC(=O)O)c(C)c4)=CC=CC23)c(F)c1F. The Labute approximate surface area is 261 Å². The van der Waals surface area contributed by atoms with Crippen LogP contribution < -0.4 is 10.1 Å². The fourth-order valence-electron chi connectivity index (χ4n) is 5.46. The van der Waals surface area contributed by atoms with Crippen LogP contribution in [0, 0.1) is 29.9 Å². The number of carbonyl (C=O) groups is 3. The van der Waals surface area contributed by atoms with Crippen LogP contribution in [0.15, 0.2) is 65.4 Å². The number of rotatable bonds is 17. The zero-order valence-electron chi connectivity index (χ0n) is 25.4. The summed E-state index contributed by atoms with van der Waals surface area (Å²) in [6.45, 7) is 1.88. The van der Waals surface area contributed by atoms with E-state index in [1.54, 1.807) is 12.3 Å². The molecule has 236 valence electrons. The van der Waals surface area contributed by atoms with Gasteiger partial charge in [0.25, 0.3) is 0 Å². The molecule has 8 nitrogen and oxygen atoms in total. The van der Waals surface area contributed by atoms with Crippen LogP contribution in [-0.4, -0.2) is 41.2 Å². The van der Waals surface area contributed by atoms with Crippen molar-refractivity contribution in [1.82, 2.24) is 0 Å². The van der Waals surface area contributed by atoms with Gasteiger partial charge in [-0.1, -0.05) is 25.0 Å². The van der Waals surface area contributed by atoms with Crippen LogP contribution in [0.4, 0.5) is 14.5 Å². The first kappa shape index (κ1) is 33.2. The minimum atomic E-state index is -1.04. The lowest BCUT2D eigenvalue weighted by Crippen LogP contribution is -2.21. The largest absolute Gasteiger partial charge is 0.494 e. The molecule has 4 rings (SSSR count). The van der Waals surface area contributed by atoms with E-state index in [1.807, 2.05) is 37.3 Å². The maximum atomic E-state index is 14.8. The second-order valence-corrected chi connectivity index (χ2v) is 11.1. The molecule has 0 aromatic heterocycles. The minimum absolute atomic E-state index is 0.0366. The zero-order chi connectivity index (χ0) is 32.5. The molecule has 1 unspecified atom stereocenters. The first-order valence-corrected chi connectivity index (χ1v) is 15.0. The number of halogens is 2. The molecular formula is C35H37F2N3O5. The number of carbonyl (C=O) groups excluding carboxylic acids is 2. The molecule has 2 aliphatic rings. The van der Waals surface area contributed by atoms with Crippen molar-refractivity contribution in [2.45, 2.75) is 64.7 Å². The van der Waals surface area contributed by atoms with Crippen LogP contribution in [-0.2, 0) is 9.59 Å². The van der Waals surface area contributed by atoms with Crippen molar-refractivity contribution in [2.75, 3.05) is 12.4 Å². The molecule has 1 heterocycles. The molecule has 2 aromatic carbocycles. The first-order valence-electron chi connectivity index (χ1n) is 15.0. The van der Waals surface area contributed by atoms with Gasteiger partial charge in [0.15, 0.2) is 23.1 Å². The Balaban J connectivity index is 1.25. The number of ether oxygens (including phenoxy) is 1. The maximum Gasteiger partial charge on any atom is 0.303 e. The van der Waals surface area contributed by atoms with E-state index in [-0.39, 0.29) is 53.8 Å². The highest BCUT2D eigenvalue weighted by atomic mass is 19.2. The Bertz CT molecular complexity index is 1620. The van der Waals surface area contributed by atoms with E-state index in [0.717, 1.165) is 29.8 Å². The van der Waals surface area contributed by atoms with Gasteiger partial charge in [0.1, 0.15) is 0 Å². The van der Waals surface area contributed by atoms with Crippen molar-refractivity contribution in [3.8, 4) is 5.75 Å². The summed E-state index contributed by atoms with van der Waals surface area (Å²) in [7, 11) is 1.28. The Kier molecular flexibility index (Phi) is 11.3. The highest BCUT2D eigenvalue weighted by Gasteiger charge is 2.31. The van der Waals surface area contributed by atoms with Gasteiger partial charge >= 0.3 is 5.97 Å². The van der Waals surface area contributed by atoms with Crippen LogP contribution in [0.25, 0.3) is 5.57 Å². The third-order valence-corrected chi connectivity index (χ3v) is 7.91. The molecule has 10 heteroatoms. The lowest BCUT2D eigenvalue weighted by Gasteiger charge is -2.21. The van der Waals surface area contributed by atoms with Crippen molar-refractivity contribution < 1.29 is 33.0 Å². The summed E-state index contributed by atoms with van der Waals surface area (Å²) >= 11 is 0. The van der Waals surface area contributed by atoms with Gasteiger partial charge in [-0.15, -0.1) is 0 Å². The van der Waals surface area contributed by atoms with E-state index in [0.29, 0.717) is 42.5 Å². The third kappa shape index (κ3) is 8.26. The number of aliphatic carboxylic acids is 1. The fraction of sp³-hybridized carbons (Fsp3) is 0.343. The van der Waals surface area contributed by atoms with Gasteiger partial charge in [0, 0.05) is 48.2 Å². The van der Waals surface area contributed by atoms with Gasteiger partial charge in [-0.25, -0.2) is 4.39 Å².